The van der Waals surface area contributed by atoms with Gasteiger partial charge in [-0.3, -0.25) is 4.79 Å². The molecule has 0 unspecified atom stereocenters. The average Bonchev–Trinajstić information content (AvgIpc) is 3.16. The molecular formula is C18H14ClF3N6O. The molecular weight excluding hydrogens is 409 g/mol. The molecule has 3 heterocycles. The monoisotopic (exact) mass is 422 g/mol. The number of carbonyl (C=O) groups is 1. The topological polar surface area (TPSA) is 75.9 Å². The third-order valence-corrected chi connectivity index (χ3v) is 4.83. The summed E-state index contributed by atoms with van der Waals surface area (Å²) in [5.41, 5.74) is -0.937. The molecule has 4 rings (SSSR count). The van der Waals surface area contributed by atoms with Gasteiger partial charge in [0, 0.05) is 31.5 Å². The van der Waals surface area contributed by atoms with Gasteiger partial charge >= 0.3 is 6.18 Å². The van der Waals surface area contributed by atoms with E-state index in [4.69, 9.17) is 11.6 Å². The molecule has 3 aromatic rings. The summed E-state index contributed by atoms with van der Waals surface area (Å²) in [6.07, 6.45) is 0.265. The Labute approximate surface area is 168 Å². The Morgan fingerprint density at radius 1 is 1.17 bits per heavy atom. The molecule has 2 aromatic heterocycles. The number of nitrogens with zero attached hydrogens (tertiary/aromatic N) is 5. The molecule has 1 amide bonds. The summed E-state index contributed by atoms with van der Waals surface area (Å²) in [6.45, 7) is 0.746. The third-order valence-electron chi connectivity index (χ3n) is 4.51. The largest absolute Gasteiger partial charge is 0.416 e. The van der Waals surface area contributed by atoms with Crippen LogP contribution >= 0.6 is 11.6 Å². The molecule has 0 atom stereocenters. The Kier molecular flexibility index (Phi) is 4.87. The number of anilines is 2. The van der Waals surface area contributed by atoms with Crippen molar-refractivity contribution in [3.05, 3.63) is 59.6 Å². The number of hydrogen-bond donors (Lipinski definition) is 1. The highest BCUT2D eigenvalue weighted by atomic mass is 35.5. The number of amides is 1. The van der Waals surface area contributed by atoms with Crippen LogP contribution in [-0.4, -0.2) is 38.7 Å². The van der Waals surface area contributed by atoms with E-state index in [1.54, 1.807) is 29.2 Å². The van der Waals surface area contributed by atoms with Gasteiger partial charge in [0.25, 0.3) is 0 Å². The lowest BCUT2D eigenvalue weighted by molar-refractivity contribution is -0.137. The maximum atomic E-state index is 12.9. The number of benzene rings is 1. The number of hydrogen-bond acceptors (Lipinski definition) is 5. The fourth-order valence-corrected chi connectivity index (χ4v) is 3.07. The predicted molar refractivity (Wildman–Crippen MR) is 99.9 cm³/mol. The first-order valence-corrected chi connectivity index (χ1v) is 8.93. The lowest BCUT2D eigenvalue weighted by Gasteiger charge is -2.39. The van der Waals surface area contributed by atoms with Gasteiger partial charge in [-0.25, -0.2) is 14.6 Å². The van der Waals surface area contributed by atoms with E-state index < -0.39 is 23.6 Å². The lowest BCUT2D eigenvalue weighted by Crippen LogP contribution is -2.52. The highest BCUT2D eigenvalue weighted by Gasteiger charge is 2.35. The summed E-state index contributed by atoms with van der Waals surface area (Å²) in [4.78, 5) is 22.6. The molecule has 0 bridgehead atoms. The van der Waals surface area contributed by atoms with E-state index in [1.807, 2.05) is 4.90 Å². The maximum absolute atomic E-state index is 12.9. The first-order valence-electron chi connectivity index (χ1n) is 8.56. The minimum absolute atomic E-state index is 0.0437. The summed E-state index contributed by atoms with van der Waals surface area (Å²) in [6, 6.07) is 6.33. The van der Waals surface area contributed by atoms with Crippen LogP contribution < -0.4 is 10.2 Å². The van der Waals surface area contributed by atoms with Crippen LogP contribution in [0.3, 0.4) is 0 Å². The van der Waals surface area contributed by atoms with Crippen LogP contribution in [0.2, 0.25) is 5.02 Å². The molecule has 1 fully saturated rings. The molecule has 1 aliphatic rings. The van der Waals surface area contributed by atoms with Gasteiger partial charge < -0.3 is 10.2 Å². The summed E-state index contributed by atoms with van der Waals surface area (Å²) in [5.74, 6) is 0.419. The molecule has 1 saturated heterocycles. The van der Waals surface area contributed by atoms with Crippen molar-refractivity contribution in [1.82, 2.24) is 19.7 Å². The van der Waals surface area contributed by atoms with Crippen molar-refractivity contribution in [2.24, 2.45) is 5.92 Å². The number of alkyl halides is 3. The van der Waals surface area contributed by atoms with E-state index in [2.05, 4.69) is 20.4 Å². The number of aromatic nitrogens is 4. The number of halogens is 4. The second-order valence-corrected chi connectivity index (χ2v) is 6.88. The smallest absolute Gasteiger partial charge is 0.355 e. The van der Waals surface area contributed by atoms with Crippen molar-refractivity contribution in [1.29, 1.82) is 0 Å². The van der Waals surface area contributed by atoms with Gasteiger partial charge in [-0.2, -0.15) is 18.3 Å². The lowest BCUT2D eigenvalue weighted by atomic mass is 9.99. The van der Waals surface area contributed by atoms with Gasteiger partial charge in [-0.1, -0.05) is 11.6 Å². The summed E-state index contributed by atoms with van der Waals surface area (Å²) < 4.78 is 40.2. The van der Waals surface area contributed by atoms with E-state index in [0.717, 1.165) is 18.2 Å². The second kappa shape index (κ2) is 7.36. The molecule has 29 heavy (non-hydrogen) atoms. The van der Waals surface area contributed by atoms with Crippen molar-refractivity contribution in [3.63, 3.8) is 0 Å². The van der Waals surface area contributed by atoms with E-state index in [1.165, 1.54) is 6.33 Å². The second-order valence-electron chi connectivity index (χ2n) is 6.47. The fraction of sp³-hybridized carbons (Fsp3) is 0.222. The SMILES string of the molecule is O=C(Nc1cc(C(F)(F)F)ccc1Cl)C1CN(c2cc(-n3cccn3)ncn2)C1. The molecule has 0 aliphatic carbocycles. The summed E-state index contributed by atoms with van der Waals surface area (Å²) in [7, 11) is 0. The fourth-order valence-electron chi connectivity index (χ4n) is 2.90. The van der Waals surface area contributed by atoms with Crippen LogP contribution in [-0.2, 0) is 11.0 Å². The van der Waals surface area contributed by atoms with Crippen molar-refractivity contribution >= 4 is 29.0 Å². The van der Waals surface area contributed by atoms with Crippen LogP contribution in [0.5, 0.6) is 0 Å². The van der Waals surface area contributed by atoms with Crippen LogP contribution in [0.25, 0.3) is 5.82 Å². The van der Waals surface area contributed by atoms with Crippen molar-refractivity contribution in [2.75, 3.05) is 23.3 Å². The minimum atomic E-state index is -4.52. The molecule has 7 nitrogen and oxygen atoms in total. The third kappa shape index (κ3) is 4.02. The maximum Gasteiger partial charge on any atom is 0.416 e. The Morgan fingerprint density at radius 2 is 1.93 bits per heavy atom. The molecule has 150 valence electrons. The Balaban J connectivity index is 1.41. The van der Waals surface area contributed by atoms with Crippen LogP contribution in [0.1, 0.15) is 5.56 Å². The zero-order valence-corrected chi connectivity index (χ0v) is 15.5. The molecule has 0 spiro atoms. The van der Waals surface area contributed by atoms with Crippen molar-refractivity contribution in [2.45, 2.75) is 6.18 Å². The molecule has 0 saturated carbocycles. The quantitative estimate of drug-likeness (QED) is 0.697. The molecule has 11 heteroatoms. The van der Waals surface area contributed by atoms with Gasteiger partial charge in [-0.15, -0.1) is 0 Å². The molecule has 1 N–H and O–H groups in total. The van der Waals surface area contributed by atoms with E-state index in [0.29, 0.717) is 24.7 Å². The van der Waals surface area contributed by atoms with Crippen LogP contribution in [0.4, 0.5) is 24.7 Å². The summed E-state index contributed by atoms with van der Waals surface area (Å²) in [5, 5.41) is 6.63. The average molecular weight is 423 g/mol. The Morgan fingerprint density at radius 3 is 2.62 bits per heavy atom. The Hall–Kier alpha value is -3.14. The number of nitrogens with one attached hydrogen (secondary N) is 1. The van der Waals surface area contributed by atoms with Gasteiger partial charge in [-0.05, 0) is 24.3 Å². The molecule has 0 radical (unpaired) electrons. The van der Waals surface area contributed by atoms with Crippen LogP contribution in [0.15, 0.2) is 49.1 Å². The number of carbonyl (C=O) groups excluding carboxylic acids is 1. The van der Waals surface area contributed by atoms with Gasteiger partial charge in [0.05, 0.1) is 22.2 Å². The van der Waals surface area contributed by atoms with Crippen molar-refractivity contribution < 1.29 is 18.0 Å². The number of rotatable bonds is 4. The zero-order chi connectivity index (χ0) is 20.6. The first kappa shape index (κ1) is 19.2. The highest BCUT2D eigenvalue weighted by molar-refractivity contribution is 6.33. The first-order chi connectivity index (χ1) is 13.8. The molecule has 1 aliphatic heterocycles. The predicted octanol–water partition coefficient (Wildman–Crippen LogP) is 3.41. The van der Waals surface area contributed by atoms with Gasteiger partial charge in [0.1, 0.15) is 12.1 Å². The Bertz CT molecular complexity index is 1030. The van der Waals surface area contributed by atoms with E-state index in [-0.39, 0.29) is 10.7 Å². The molecule has 1 aromatic carbocycles. The zero-order valence-electron chi connectivity index (χ0n) is 14.8. The normalized spacial score (nSPS) is 14.6. The standard InChI is InChI=1S/C18H14ClF3N6O/c19-13-3-2-12(18(20,21)22)6-14(13)26-17(29)11-8-27(9-11)15-7-16(24-10-23-15)28-5-1-4-25-28/h1-7,10-11H,8-9H2,(H,26,29). The van der Waals surface area contributed by atoms with Gasteiger partial charge in [0.15, 0.2) is 5.82 Å². The van der Waals surface area contributed by atoms with E-state index >= 15 is 0 Å². The highest BCUT2D eigenvalue weighted by Crippen LogP contribution is 2.34. The van der Waals surface area contributed by atoms with Gasteiger partial charge in [0.2, 0.25) is 5.91 Å². The van der Waals surface area contributed by atoms with Crippen molar-refractivity contribution in [3.8, 4) is 5.82 Å². The van der Waals surface area contributed by atoms with E-state index in [9.17, 15) is 18.0 Å². The minimum Gasteiger partial charge on any atom is -0.355 e. The summed E-state index contributed by atoms with van der Waals surface area (Å²) >= 11 is 5.93. The van der Waals surface area contributed by atoms with Crippen LogP contribution in [0, 0.1) is 5.92 Å².